The molecule has 2 unspecified atom stereocenters. The first-order valence-corrected chi connectivity index (χ1v) is 10.0. The molecule has 4 heterocycles. The Morgan fingerprint density at radius 2 is 2.13 bits per heavy atom. The van der Waals surface area contributed by atoms with Crippen molar-refractivity contribution in [3.63, 3.8) is 0 Å². The Balaban J connectivity index is 1.35. The number of anilines is 1. The molecule has 9 heteroatoms. The van der Waals surface area contributed by atoms with Crippen molar-refractivity contribution in [2.24, 2.45) is 16.4 Å². The molecule has 1 saturated heterocycles. The smallest absolute Gasteiger partial charge is 0.247 e. The Labute approximate surface area is 173 Å². The number of rotatable bonds is 3. The Morgan fingerprint density at radius 3 is 2.90 bits per heavy atom. The molecule has 3 aliphatic rings. The molecule has 1 spiro atoms. The number of hydrogen-bond donors (Lipinski definition) is 0. The largest absolute Gasteiger partial charge is 0.356 e. The van der Waals surface area contributed by atoms with E-state index in [1.807, 2.05) is 6.07 Å². The van der Waals surface area contributed by atoms with Crippen LogP contribution in [-0.4, -0.2) is 45.2 Å². The van der Waals surface area contributed by atoms with Crippen molar-refractivity contribution in [3.8, 4) is 6.07 Å². The molecule has 0 bridgehead atoms. The molecule has 0 radical (unpaired) electrons. The molecule has 30 heavy (non-hydrogen) atoms. The number of piperidine rings is 1. The number of nitrogens with zero attached hydrogens (tertiary/aromatic N) is 7. The van der Waals surface area contributed by atoms with Crippen LogP contribution in [0.4, 0.5) is 10.2 Å². The number of aromatic nitrogens is 3. The Morgan fingerprint density at radius 1 is 1.27 bits per heavy atom. The molecule has 1 aliphatic carbocycles. The number of hydrogen-bond acceptors (Lipinski definition) is 7. The van der Waals surface area contributed by atoms with Crippen LogP contribution in [0.2, 0.25) is 0 Å². The molecular formula is C21H20FN7O. The first-order valence-electron chi connectivity index (χ1n) is 10.0. The Hall–Kier alpha value is -3.41. The predicted molar refractivity (Wildman–Crippen MR) is 106 cm³/mol. The van der Waals surface area contributed by atoms with Gasteiger partial charge >= 0.3 is 0 Å². The second-order valence-corrected chi connectivity index (χ2v) is 8.17. The highest BCUT2D eigenvalue weighted by molar-refractivity contribution is 5.83. The second-order valence-electron chi connectivity index (χ2n) is 8.17. The van der Waals surface area contributed by atoms with E-state index in [0.717, 1.165) is 31.4 Å². The van der Waals surface area contributed by atoms with Gasteiger partial charge in [0.15, 0.2) is 0 Å². The maximum absolute atomic E-state index is 13.7. The summed E-state index contributed by atoms with van der Waals surface area (Å²) in [6.45, 7) is 1.39. The minimum atomic E-state index is -0.416. The number of nitriles is 1. The SMILES string of the molecule is N#Cc1cc(N2CCC(C(=O)N3N=CCC3c3cncc(F)c3)C3(CC3)C2)ncn1. The average Bonchev–Trinajstić information content (AvgIpc) is 3.34. The van der Waals surface area contributed by atoms with E-state index in [2.05, 4.69) is 25.0 Å². The van der Waals surface area contributed by atoms with Gasteiger partial charge in [0.05, 0.1) is 12.2 Å². The molecule has 2 aromatic heterocycles. The van der Waals surface area contributed by atoms with Gasteiger partial charge in [-0.3, -0.25) is 9.78 Å². The second kappa shape index (κ2) is 7.13. The van der Waals surface area contributed by atoms with Gasteiger partial charge in [0, 0.05) is 43.9 Å². The number of hydrazone groups is 1. The molecule has 1 amide bonds. The van der Waals surface area contributed by atoms with E-state index in [1.165, 1.54) is 17.4 Å². The third-order valence-electron chi connectivity index (χ3n) is 6.38. The quantitative estimate of drug-likeness (QED) is 0.778. The van der Waals surface area contributed by atoms with Gasteiger partial charge in [-0.25, -0.2) is 19.4 Å². The van der Waals surface area contributed by atoms with Crippen LogP contribution in [0.3, 0.4) is 0 Å². The van der Waals surface area contributed by atoms with Crippen molar-refractivity contribution < 1.29 is 9.18 Å². The minimum absolute atomic E-state index is 0.00411. The van der Waals surface area contributed by atoms with E-state index in [9.17, 15) is 9.18 Å². The van der Waals surface area contributed by atoms with Crippen LogP contribution in [0.5, 0.6) is 0 Å². The van der Waals surface area contributed by atoms with Crippen molar-refractivity contribution in [1.29, 1.82) is 5.26 Å². The highest BCUT2D eigenvalue weighted by Crippen LogP contribution is 2.57. The number of amides is 1. The molecular weight excluding hydrogens is 385 g/mol. The number of halogens is 1. The maximum atomic E-state index is 13.7. The number of carbonyl (C=O) groups is 1. The summed E-state index contributed by atoms with van der Waals surface area (Å²) in [5, 5.41) is 15.0. The van der Waals surface area contributed by atoms with E-state index in [0.29, 0.717) is 30.6 Å². The Kier molecular flexibility index (Phi) is 4.42. The maximum Gasteiger partial charge on any atom is 0.247 e. The topological polar surface area (TPSA) is 98.4 Å². The van der Waals surface area contributed by atoms with Gasteiger partial charge in [0.1, 0.15) is 29.7 Å². The van der Waals surface area contributed by atoms with E-state index in [-0.39, 0.29) is 23.3 Å². The molecule has 0 N–H and O–H groups in total. The highest BCUT2D eigenvalue weighted by Gasteiger charge is 2.56. The standard InChI is InChI=1S/C21H20FN7O/c22-15-7-14(10-24-11-15)18-1-5-27-29(18)20(30)17-2-6-28(12-21(17)3-4-21)19-8-16(9-23)25-13-26-19/h5,7-8,10-11,13,17-18H,1-4,6,12H2. The lowest BCUT2D eigenvalue weighted by Crippen LogP contribution is -2.48. The van der Waals surface area contributed by atoms with E-state index >= 15 is 0 Å². The monoisotopic (exact) mass is 405 g/mol. The molecule has 1 saturated carbocycles. The summed E-state index contributed by atoms with van der Waals surface area (Å²) in [6, 6.07) is 4.85. The van der Waals surface area contributed by atoms with Gasteiger partial charge in [0.2, 0.25) is 5.91 Å². The summed E-state index contributed by atoms with van der Waals surface area (Å²) >= 11 is 0. The molecule has 5 rings (SSSR count). The zero-order valence-electron chi connectivity index (χ0n) is 16.3. The average molecular weight is 405 g/mol. The summed E-state index contributed by atoms with van der Waals surface area (Å²) < 4.78 is 13.7. The summed E-state index contributed by atoms with van der Waals surface area (Å²) in [4.78, 5) is 27.8. The van der Waals surface area contributed by atoms with Crippen LogP contribution in [0, 0.1) is 28.5 Å². The summed E-state index contributed by atoms with van der Waals surface area (Å²) in [7, 11) is 0. The van der Waals surface area contributed by atoms with Gasteiger partial charge in [-0.15, -0.1) is 0 Å². The van der Waals surface area contributed by atoms with Crippen LogP contribution in [0.1, 0.15) is 43.0 Å². The number of pyridine rings is 1. The molecule has 8 nitrogen and oxygen atoms in total. The fourth-order valence-electron chi connectivity index (χ4n) is 4.66. The fraction of sp³-hybridized carbons (Fsp3) is 0.429. The van der Waals surface area contributed by atoms with Gasteiger partial charge in [-0.1, -0.05) is 0 Å². The van der Waals surface area contributed by atoms with Gasteiger partial charge in [-0.2, -0.15) is 10.4 Å². The predicted octanol–water partition coefficient (Wildman–Crippen LogP) is 2.45. The van der Waals surface area contributed by atoms with Crippen LogP contribution in [0.15, 0.2) is 36.0 Å². The first kappa shape index (κ1) is 18.6. The third-order valence-corrected chi connectivity index (χ3v) is 6.38. The normalized spacial score (nSPS) is 24.1. The molecule has 2 aliphatic heterocycles. The molecule has 0 aromatic carbocycles. The third kappa shape index (κ3) is 3.18. The number of carbonyl (C=O) groups excluding carboxylic acids is 1. The van der Waals surface area contributed by atoms with Crippen molar-refractivity contribution in [2.75, 3.05) is 18.0 Å². The zero-order chi connectivity index (χ0) is 20.7. The van der Waals surface area contributed by atoms with Crippen LogP contribution in [0.25, 0.3) is 0 Å². The summed E-state index contributed by atoms with van der Waals surface area (Å²) in [5.74, 6) is 0.169. The lowest BCUT2D eigenvalue weighted by Gasteiger charge is -2.40. The van der Waals surface area contributed by atoms with Crippen molar-refractivity contribution in [3.05, 3.63) is 47.9 Å². The zero-order valence-corrected chi connectivity index (χ0v) is 16.3. The molecule has 2 aromatic rings. The summed E-state index contributed by atoms with van der Waals surface area (Å²) in [5.41, 5.74) is 0.893. The highest BCUT2D eigenvalue weighted by atomic mass is 19.1. The van der Waals surface area contributed by atoms with Crippen molar-refractivity contribution in [2.45, 2.75) is 31.7 Å². The fourth-order valence-corrected chi connectivity index (χ4v) is 4.66. The minimum Gasteiger partial charge on any atom is -0.356 e. The van der Waals surface area contributed by atoms with Gasteiger partial charge < -0.3 is 4.90 Å². The first-order chi connectivity index (χ1) is 14.6. The van der Waals surface area contributed by atoms with Gasteiger partial charge in [-0.05, 0) is 36.3 Å². The van der Waals surface area contributed by atoms with Crippen molar-refractivity contribution in [1.82, 2.24) is 20.0 Å². The van der Waals surface area contributed by atoms with E-state index in [1.54, 1.807) is 18.5 Å². The van der Waals surface area contributed by atoms with E-state index < -0.39 is 5.82 Å². The summed E-state index contributed by atoms with van der Waals surface area (Å²) in [6.07, 6.45) is 9.06. The molecule has 152 valence electrons. The lowest BCUT2D eigenvalue weighted by molar-refractivity contribution is -0.140. The van der Waals surface area contributed by atoms with Gasteiger partial charge in [0.25, 0.3) is 0 Å². The molecule has 2 fully saturated rings. The van der Waals surface area contributed by atoms with Crippen LogP contribution < -0.4 is 4.90 Å². The van der Waals surface area contributed by atoms with Crippen LogP contribution >= 0.6 is 0 Å². The van der Waals surface area contributed by atoms with Crippen molar-refractivity contribution >= 4 is 17.9 Å². The lowest BCUT2D eigenvalue weighted by atomic mass is 9.81. The van der Waals surface area contributed by atoms with Crippen LogP contribution in [-0.2, 0) is 4.79 Å². The molecule has 2 atom stereocenters. The Bertz CT molecular complexity index is 1060. The van der Waals surface area contributed by atoms with E-state index in [4.69, 9.17) is 5.26 Å².